The van der Waals surface area contributed by atoms with Gasteiger partial charge in [0, 0.05) is 0 Å². The Morgan fingerprint density at radius 2 is 1.12 bits per heavy atom. The van der Waals surface area contributed by atoms with Gasteiger partial charge in [-0.3, -0.25) is 0 Å². The molecule has 0 fully saturated rings. The van der Waals surface area contributed by atoms with Gasteiger partial charge in [-0.25, -0.2) is 0 Å². The molecule has 0 bridgehead atoms. The molecule has 0 aliphatic heterocycles. The highest BCUT2D eigenvalue weighted by Crippen LogP contribution is 1.92. The maximum Gasteiger partial charge on any atom is 0.100 e. The summed E-state index contributed by atoms with van der Waals surface area (Å²) in [5.74, 6) is 0.272. The van der Waals surface area contributed by atoms with Crippen LogP contribution < -0.4 is 0 Å². The topological polar surface area (TPSA) is 110 Å². The van der Waals surface area contributed by atoms with Gasteiger partial charge in [0.1, 0.15) is 6.10 Å². The summed E-state index contributed by atoms with van der Waals surface area (Å²) < 4.78 is 4.87. The average Bonchev–Trinajstić information content (AvgIpc) is 2.37. The van der Waals surface area contributed by atoms with E-state index in [0.29, 0.717) is 0 Å². The fourth-order valence-electron chi connectivity index (χ4n) is 0.487. The zero-order valence-corrected chi connectivity index (χ0v) is 10.9. The molecule has 0 amide bonds. The van der Waals surface area contributed by atoms with Crippen molar-refractivity contribution in [1.29, 1.82) is 0 Å². The fraction of sp³-hybridized carbons (Fsp3) is 1.00. The van der Waals surface area contributed by atoms with Crippen LogP contribution in [-0.2, 0) is 4.74 Å². The predicted molar refractivity (Wildman–Crippen MR) is 64.5 cm³/mol. The first-order valence-electron chi connectivity index (χ1n) is 4.97. The lowest BCUT2D eigenvalue weighted by Gasteiger charge is -2.10. The molecule has 0 spiro atoms. The highest BCUT2D eigenvalue weighted by atomic mass is 35.5. The lowest BCUT2D eigenvalue weighted by Crippen LogP contribution is -2.23. The van der Waals surface area contributed by atoms with Crippen molar-refractivity contribution in [2.75, 3.05) is 38.2 Å². The van der Waals surface area contributed by atoms with Crippen LogP contribution in [0.3, 0.4) is 0 Å². The number of hydrogen-bond donors (Lipinski definition) is 5. The molecular weight excluding hydrogens is 275 g/mol. The summed E-state index contributed by atoms with van der Waals surface area (Å²) in [7, 11) is 0. The van der Waals surface area contributed by atoms with E-state index in [1.54, 1.807) is 0 Å². The van der Waals surface area contributed by atoms with E-state index in [9.17, 15) is 0 Å². The molecule has 0 aliphatic carbocycles. The van der Waals surface area contributed by atoms with E-state index in [1.807, 2.05) is 0 Å². The van der Waals surface area contributed by atoms with Crippen LogP contribution in [0.5, 0.6) is 0 Å². The third kappa shape index (κ3) is 16.3. The van der Waals surface area contributed by atoms with Gasteiger partial charge in [-0.1, -0.05) is 0 Å². The normalized spacial score (nSPS) is 14.1. The van der Waals surface area contributed by atoms with Crippen LogP contribution in [0.2, 0.25) is 0 Å². The standard InChI is InChI=1S/C6H12Cl2O3.C3H8O3/c7-1-5(9)3-11-4-6(10)2-8;4-1-3(6)2-5/h5-6,9-10H,1-4H2;3-6H,1-2H2. The molecule has 17 heavy (non-hydrogen) atoms. The Kier molecular flexibility index (Phi) is 16.7. The summed E-state index contributed by atoms with van der Waals surface area (Å²) in [5, 5.41) is 41.8. The summed E-state index contributed by atoms with van der Waals surface area (Å²) in [4.78, 5) is 0. The van der Waals surface area contributed by atoms with Crippen molar-refractivity contribution in [3.63, 3.8) is 0 Å². The second kappa shape index (κ2) is 14.4. The molecule has 0 rings (SSSR count). The first-order valence-corrected chi connectivity index (χ1v) is 6.04. The Labute approximate surface area is 110 Å². The molecule has 0 aromatic rings. The number of alkyl halides is 2. The van der Waals surface area contributed by atoms with Crippen LogP contribution in [0.15, 0.2) is 0 Å². The average molecular weight is 295 g/mol. The molecule has 0 aromatic heterocycles. The van der Waals surface area contributed by atoms with E-state index in [2.05, 4.69) is 0 Å². The number of halogens is 2. The maximum absolute atomic E-state index is 8.87. The zero-order valence-electron chi connectivity index (χ0n) is 9.37. The van der Waals surface area contributed by atoms with E-state index in [0.717, 1.165) is 0 Å². The molecule has 6 nitrogen and oxygen atoms in total. The van der Waals surface area contributed by atoms with Crippen molar-refractivity contribution in [3.8, 4) is 0 Å². The molecule has 0 saturated heterocycles. The van der Waals surface area contributed by atoms with Crippen molar-refractivity contribution >= 4 is 23.2 Å². The fourth-order valence-corrected chi connectivity index (χ4v) is 0.665. The van der Waals surface area contributed by atoms with Crippen LogP contribution in [0, 0.1) is 0 Å². The number of hydrogen-bond acceptors (Lipinski definition) is 6. The largest absolute Gasteiger partial charge is 0.394 e. The van der Waals surface area contributed by atoms with E-state index in [-0.39, 0.29) is 38.2 Å². The molecule has 0 radical (unpaired) electrons. The quantitative estimate of drug-likeness (QED) is 0.350. The van der Waals surface area contributed by atoms with Crippen LogP contribution in [0.1, 0.15) is 0 Å². The van der Waals surface area contributed by atoms with Crippen LogP contribution in [-0.4, -0.2) is 82.0 Å². The van der Waals surface area contributed by atoms with Crippen molar-refractivity contribution < 1.29 is 30.3 Å². The Morgan fingerprint density at radius 1 is 0.765 bits per heavy atom. The van der Waals surface area contributed by atoms with E-state index < -0.39 is 18.3 Å². The SMILES string of the molecule is OC(CCl)COCC(O)CCl.OCC(O)CO. The Balaban J connectivity index is 0. The zero-order chi connectivity index (χ0) is 13.7. The van der Waals surface area contributed by atoms with Crippen molar-refractivity contribution in [2.45, 2.75) is 18.3 Å². The minimum absolute atomic E-state index is 0.136. The van der Waals surface area contributed by atoms with Crippen molar-refractivity contribution in [3.05, 3.63) is 0 Å². The summed E-state index contributed by atoms with van der Waals surface area (Å²) in [6, 6.07) is 0. The Hall–Kier alpha value is 0.340. The minimum Gasteiger partial charge on any atom is -0.394 e. The van der Waals surface area contributed by atoms with Crippen LogP contribution in [0.25, 0.3) is 0 Å². The van der Waals surface area contributed by atoms with Gasteiger partial charge in [0.05, 0.1) is 50.4 Å². The third-order valence-electron chi connectivity index (χ3n) is 1.40. The van der Waals surface area contributed by atoms with Crippen LogP contribution in [0.4, 0.5) is 0 Å². The maximum atomic E-state index is 8.87. The molecule has 106 valence electrons. The Bertz CT molecular complexity index is 137. The molecule has 2 unspecified atom stereocenters. The monoisotopic (exact) mass is 294 g/mol. The first-order chi connectivity index (χ1) is 8.01. The summed E-state index contributed by atoms with van der Waals surface area (Å²) >= 11 is 10.6. The van der Waals surface area contributed by atoms with Gasteiger partial charge in [0.15, 0.2) is 0 Å². The smallest absolute Gasteiger partial charge is 0.100 e. The summed E-state index contributed by atoms with van der Waals surface area (Å²) in [6.07, 6.45) is -2.29. The summed E-state index contributed by atoms with van der Waals surface area (Å²) in [6.45, 7) is -0.456. The van der Waals surface area contributed by atoms with Gasteiger partial charge in [-0.15, -0.1) is 23.2 Å². The van der Waals surface area contributed by atoms with E-state index in [1.165, 1.54) is 0 Å². The van der Waals surface area contributed by atoms with Gasteiger partial charge in [-0.2, -0.15) is 0 Å². The molecule has 0 saturated carbocycles. The third-order valence-corrected chi connectivity index (χ3v) is 2.11. The molecule has 0 heterocycles. The molecule has 5 N–H and O–H groups in total. The Morgan fingerprint density at radius 3 is 1.29 bits per heavy atom. The first kappa shape index (κ1) is 19.7. The number of aliphatic hydroxyl groups is 5. The lowest BCUT2D eigenvalue weighted by molar-refractivity contribution is 0.00593. The van der Waals surface area contributed by atoms with Crippen LogP contribution >= 0.6 is 23.2 Å². The predicted octanol–water partition coefficient (Wildman–Crippen LogP) is -1.47. The van der Waals surface area contributed by atoms with Crippen molar-refractivity contribution in [2.24, 2.45) is 0 Å². The number of rotatable bonds is 8. The van der Waals surface area contributed by atoms with Gasteiger partial charge >= 0.3 is 0 Å². The molecule has 8 heteroatoms. The van der Waals surface area contributed by atoms with Gasteiger partial charge in [0.2, 0.25) is 0 Å². The van der Waals surface area contributed by atoms with E-state index in [4.69, 9.17) is 53.5 Å². The summed E-state index contributed by atoms with van der Waals surface area (Å²) in [5.41, 5.74) is 0. The molecule has 0 aromatic carbocycles. The van der Waals surface area contributed by atoms with Gasteiger partial charge < -0.3 is 30.3 Å². The van der Waals surface area contributed by atoms with E-state index >= 15 is 0 Å². The number of ether oxygens (including phenoxy) is 1. The second-order valence-electron chi connectivity index (χ2n) is 3.17. The minimum atomic E-state index is -0.954. The molecular formula is C9H20Cl2O6. The van der Waals surface area contributed by atoms with Crippen molar-refractivity contribution in [1.82, 2.24) is 0 Å². The highest BCUT2D eigenvalue weighted by molar-refractivity contribution is 6.18. The lowest BCUT2D eigenvalue weighted by atomic mass is 10.4. The molecule has 0 aliphatic rings. The second-order valence-corrected chi connectivity index (χ2v) is 3.79. The van der Waals surface area contributed by atoms with Gasteiger partial charge in [-0.05, 0) is 0 Å². The van der Waals surface area contributed by atoms with Gasteiger partial charge in [0.25, 0.3) is 0 Å². The molecule has 2 atom stereocenters. The number of aliphatic hydroxyl groups excluding tert-OH is 5. The highest BCUT2D eigenvalue weighted by Gasteiger charge is 2.05.